The molecule has 5 aromatic rings. The van der Waals surface area contributed by atoms with Crippen LogP contribution in [-0.2, 0) is 14.8 Å². The summed E-state index contributed by atoms with van der Waals surface area (Å²) < 4.78 is 64.0. The van der Waals surface area contributed by atoms with Gasteiger partial charge in [-0.05, 0) is 55.5 Å². The highest BCUT2D eigenvalue weighted by Gasteiger charge is 2.30. The van der Waals surface area contributed by atoms with Gasteiger partial charge >= 0.3 is 5.97 Å². The number of halogens is 3. The summed E-state index contributed by atoms with van der Waals surface area (Å²) in [5.74, 6) is -2.50. The fourth-order valence-electron chi connectivity index (χ4n) is 5.35. The van der Waals surface area contributed by atoms with Gasteiger partial charge in [-0.1, -0.05) is 28.1 Å². The lowest BCUT2D eigenvalue weighted by Crippen LogP contribution is -2.47. The monoisotopic (exact) mass is 696 g/mol. The molecule has 0 unspecified atom stereocenters. The van der Waals surface area contributed by atoms with E-state index in [1.165, 1.54) is 0 Å². The van der Waals surface area contributed by atoms with Crippen LogP contribution in [0.1, 0.15) is 17.3 Å². The van der Waals surface area contributed by atoms with E-state index >= 15 is 0 Å². The number of piperazine rings is 1. The third-order valence-electron chi connectivity index (χ3n) is 7.42. The van der Waals surface area contributed by atoms with Crippen LogP contribution in [0, 0.1) is 11.6 Å². The number of pyridine rings is 1. The molecule has 0 bridgehead atoms. The third-order valence-corrected chi connectivity index (χ3v) is 9.27. The molecule has 1 saturated heterocycles. The number of carbonyl (C=O) groups is 1. The molecule has 45 heavy (non-hydrogen) atoms. The Morgan fingerprint density at radius 3 is 2.47 bits per heavy atom. The number of sulfonamides is 1. The minimum Gasteiger partial charge on any atom is -0.462 e. The molecule has 232 valence electrons. The maximum Gasteiger partial charge on any atom is 0.344 e. The number of ether oxygens (including phenoxy) is 1. The fraction of sp³-hybridized carbons (Fsp3) is 0.194. The maximum atomic E-state index is 13.8. The summed E-state index contributed by atoms with van der Waals surface area (Å²) in [5.41, 5.74) is 2.59. The number of nitrogens with zero attached hydrogens (tertiary/aromatic N) is 5. The number of nitrogens with one attached hydrogen (secondary N) is 1. The molecule has 6 rings (SSSR count). The van der Waals surface area contributed by atoms with Crippen LogP contribution < -0.4 is 14.5 Å². The summed E-state index contributed by atoms with van der Waals surface area (Å²) in [4.78, 5) is 26.2. The standard InChI is InChI=1S/C31H27BrF2N6O4S/c1-2-44-31(41)28-29(22-17-20(32)7-10-25(22)36-30(28)40-12-11-35-19-40)39-15-13-38(14-16-39)27-6-4-3-5-26(27)37-45(42,43)21-8-9-23(33)24(34)18-21/h3-12,17-19,37H,2,13-16H2,1H3. The minimum atomic E-state index is -4.21. The van der Waals surface area contributed by atoms with Crippen molar-refractivity contribution in [1.82, 2.24) is 14.5 Å². The van der Waals surface area contributed by atoms with Gasteiger partial charge in [0.15, 0.2) is 17.5 Å². The first-order valence-electron chi connectivity index (χ1n) is 14.0. The summed E-state index contributed by atoms with van der Waals surface area (Å²) in [6.07, 6.45) is 4.91. The predicted molar refractivity (Wildman–Crippen MR) is 171 cm³/mol. The van der Waals surface area contributed by atoms with Gasteiger partial charge in [0.2, 0.25) is 0 Å². The quantitative estimate of drug-likeness (QED) is 0.204. The number of rotatable bonds is 8. The van der Waals surface area contributed by atoms with Gasteiger partial charge in [0.1, 0.15) is 11.9 Å². The Morgan fingerprint density at radius 2 is 1.76 bits per heavy atom. The van der Waals surface area contributed by atoms with E-state index in [9.17, 15) is 22.0 Å². The van der Waals surface area contributed by atoms with Gasteiger partial charge in [0, 0.05) is 48.4 Å². The second kappa shape index (κ2) is 12.4. The maximum absolute atomic E-state index is 13.8. The smallest absolute Gasteiger partial charge is 0.344 e. The topological polar surface area (TPSA) is 110 Å². The number of benzene rings is 3. The van der Waals surface area contributed by atoms with Crippen molar-refractivity contribution >= 4 is 59.9 Å². The molecule has 0 amide bonds. The lowest BCUT2D eigenvalue weighted by molar-refractivity contribution is 0.0526. The number of esters is 1. The number of imidazole rings is 1. The first kappa shape index (κ1) is 30.5. The van der Waals surface area contributed by atoms with Crippen LogP contribution in [-0.4, -0.2) is 61.7 Å². The third kappa shape index (κ3) is 6.07. The Balaban J connectivity index is 1.34. The van der Waals surface area contributed by atoms with E-state index in [0.717, 1.165) is 22.0 Å². The summed E-state index contributed by atoms with van der Waals surface area (Å²) in [6.45, 7) is 3.84. The van der Waals surface area contributed by atoms with Crippen molar-refractivity contribution in [3.63, 3.8) is 0 Å². The van der Waals surface area contributed by atoms with Crippen molar-refractivity contribution in [3.8, 4) is 5.82 Å². The first-order chi connectivity index (χ1) is 21.7. The molecule has 1 aliphatic heterocycles. The van der Waals surface area contributed by atoms with E-state index in [0.29, 0.717) is 66.2 Å². The predicted octanol–water partition coefficient (Wildman–Crippen LogP) is 5.77. The summed E-state index contributed by atoms with van der Waals surface area (Å²) in [6, 6.07) is 15.0. The summed E-state index contributed by atoms with van der Waals surface area (Å²) >= 11 is 3.56. The van der Waals surface area contributed by atoms with E-state index in [4.69, 9.17) is 9.72 Å². The number of carbonyl (C=O) groups excluding carboxylic acids is 1. The molecule has 1 aliphatic rings. The van der Waals surface area contributed by atoms with Crippen LogP contribution in [0.5, 0.6) is 0 Å². The highest BCUT2D eigenvalue weighted by molar-refractivity contribution is 9.10. The molecule has 3 heterocycles. The van der Waals surface area contributed by atoms with Crippen molar-refractivity contribution in [2.24, 2.45) is 0 Å². The zero-order chi connectivity index (χ0) is 31.7. The highest BCUT2D eigenvalue weighted by Crippen LogP contribution is 2.37. The van der Waals surface area contributed by atoms with Crippen LogP contribution in [0.25, 0.3) is 16.7 Å². The van der Waals surface area contributed by atoms with Crippen molar-refractivity contribution in [3.05, 3.63) is 101 Å². The van der Waals surface area contributed by atoms with E-state index < -0.39 is 32.5 Å². The van der Waals surface area contributed by atoms with Crippen LogP contribution in [0.2, 0.25) is 0 Å². The Labute approximate surface area is 266 Å². The molecule has 0 atom stereocenters. The van der Waals surface area contributed by atoms with E-state index in [1.54, 1.807) is 54.5 Å². The van der Waals surface area contributed by atoms with Gasteiger partial charge in [-0.2, -0.15) is 0 Å². The van der Waals surface area contributed by atoms with Crippen molar-refractivity contribution < 1.29 is 26.7 Å². The van der Waals surface area contributed by atoms with E-state index in [-0.39, 0.29) is 6.61 Å². The van der Waals surface area contributed by atoms with Gasteiger partial charge in [-0.15, -0.1) is 0 Å². The molecule has 10 nitrogen and oxygen atoms in total. The molecule has 0 aliphatic carbocycles. The van der Waals surface area contributed by atoms with Gasteiger partial charge in [0.05, 0.1) is 34.1 Å². The second-order valence-corrected chi connectivity index (χ2v) is 12.8. The number of para-hydroxylation sites is 2. The van der Waals surface area contributed by atoms with Crippen molar-refractivity contribution in [2.75, 3.05) is 47.3 Å². The molecule has 1 N–H and O–H groups in total. The number of fused-ring (bicyclic) bond motifs is 1. The number of anilines is 3. The molecule has 1 fully saturated rings. The van der Waals surface area contributed by atoms with Crippen molar-refractivity contribution in [2.45, 2.75) is 11.8 Å². The number of hydrogen-bond acceptors (Lipinski definition) is 8. The van der Waals surface area contributed by atoms with Crippen LogP contribution in [0.15, 0.2) is 88.8 Å². The molecular weight excluding hydrogens is 670 g/mol. The van der Waals surface area contributed by atoms with Gasteiger partial charge < -0.3 is 14.5 Å². The average Bonchev–Trinajstić information content (AvgIpc) is 3.57. The summed E-state index contributed by atoms with van der Waals surface area (Å²) in [7, 11) is -4.21. The van der Waals surface area contributed by atoms with E-state index in [2.05, 4.69) is 30.5 Å². The van der Waals surface area contributed by atoms with Crippen LogP contribution in [0.4, 0.5) is 25.8 Å². The molecular formula is C31H27BrF2N6O4S. The highest BCUT2D eigenvalue weighted by atomic mass is 79.9. The Hall–Kier alpha value is -4.56. The van der Waals surface area contributed by atoms with Gasteiger partial charge in [-0.25, -0.2) is 32.0 Å². The van der Waals surface area contributed by atoms with Crippen molar-refractivity contribution in [1.29, 1.82) is 0 Å². The average molecular weight is 698 g/mol. The summed E-state index contributed by atoms with van der Waals surface area (Å²) in [5, 5.41) is 0.768. The molecule has 0 saturated carbocycles. The lowest BCUT2D eigenvalue weighted by atomic mass is 10.1. The van der Waals surface area contributed by atoms with Crippen LogP contribution in [0.3, 0.4) is 0 Å². The van der Waals surface area contributed by atoms with Crippen LogP contribution >= 0.6 is 15.9 Å². The molecule has 3 aromatic carbocycles. The Morgan fingerprint density at radius 1 is 1.00 bits per heavy atom. The molecule has 14 heteroatoms. The zero-order valence-corrected chi connectivity index (χ0v) is 26.4. The Kier molecular flexibility index (Phi) is 8.42. The fourth-order valence-corrected chi connectivity index (χ4v) is 6.80. The number of hydrogen-bond donors (Lipinski definition) is 1. The van der Waals surface area contributed by atoms with Gasteiger partial charge in [-0.3, -0.25) is 9.29 Å². The Bertz CT molecular complexity index is 2000. The SMILES string of the molecule is CCOC(=O)c1c(-n2ccnc2)nc2ccc(Br)cc2c1N1CCN(c2ccccc2NS(=O)(=O)c2ccc(F)c(F)c2)CC1. The molecule has 2 aromatic heterocycles. The zero-order valence-electron chi connectivity index (χ0n) is 24.0. The number of aromatic nitrogens is 3. The van der Waals surface area contributed by atoms with Gasteiger partial charge in [0.25, 0.3) is 10.0 Å². The largest absolute Gasteiger partial charge is 0.462 e. The minimum absolute atomic E-state index is 0.184. The molecule has 0 spiro atoms. The normalized spacial score (nSPS) is 13.7. The van der Waals surface area contributed by atoms with E-state index in [1.807, 2.05) is 23.1 Å². The second-order valence-electron chi connectivity index (χ2n) is 10.2. The molecule has 0 radical (unpaired) electrons. The lowest BCUT2D eigenvalue weighted by Gasteiger charge is -2.39. The first-order valence-corrected chi connectivity index (χ1v) is 16.3.